The highest BCUT2D eigenvalue weighted by Gasteiger charge is 2.18. The van der Waals surface area contributed by atoms with Crippen LogP contribution in [0.1, 0.15) is 24.8 Å². The normalized spacial score (nSPS) is 20.4. The summed E-state index contributed by atoms with van der Waals surface area (Å²) in [5.74, 6) is 0.897. The van der Waals surface area contributed by atoms with E-state index in [1.807, 2.05) is 12.1 Å². The molecule has 2 rings (SSSR count). The molecule has 1 aliphatic rings. The SMILES string of the molecule is COc1ccc(C2=CCCCC2OC)cc1. The van der Waals surface area contributed by atoms with Crippen LogP contribution in [0.15, 0.2) is 30.3 Å². The van der Waals surface area contributed by atoms with Crippen LogP contribution in [0, 0.1) is 0 Å². The average Bonchev–Trinajstić information content (AvgIpc) is 2.39. The quantitative estimate of drug-likeness (QED) is 0.775. The van der Waals surface area contributed by atoms with Gasteiger partial charge >= 0.3 is 0 Å². The van der Waals surface area contributed by atoms with E-state index in [4.69, 9.17) is 9.47 Å². The predicted octanol–water partition coefficient (Wildman–Crippen LogP) is 3.28. The van der Waals surface area contributed by atoms with Crippen LogP contribution in [0.5, 0.6) is 5.75 Å². The lowest BCUT2D eigenvalue weighted by atomic mass is 9.91. The second kappa shape index (κ2) is 5.17. The first kappa shape index (κ1) is 11.2. The Bertz CT molecular complexity index is 365. The molecule has 0 aromatic heterocycles. The number of hydrogen-bond donors (Lipinski definition) is 0. The first-order valence-electron chi connectivity index (χ1n) is 5.72. The van der Waals surface area contributed by atoms with E-state index in [2.05, 4.69) is 18.2 Å². The lowest BCUT2D eigenvalue weighted by molar-refractivity contribution is 0.136. The molecule has 86 valence electrons. The van der Waals surface area contributed by atoms with Gasteiger partial charge in [-0.05, 0) is 42.5 Å². The Morgan fingerprint density at radius 2 is 1.88 bits per heavy atom. The highest BCUT2D eigenvalue weighted by molar-refractivity contribution is 5.70. The third-order valence-electron chi connectivity index (χ3n) is 3.09. The number of methoxy groups -OCH3 is 2. The lowest BCUT2D eigenvalue weighted by Crippen LogP contribution is -2.15. The maximum atomic E-state index is 5.52. The van der Waals surface area contributed by atoms with Crippen molar-refractivity contribution in [2.45, 2.75) is 25.4 Å². The molecule has 1 atom stereocenters. The monoisotopic (exact) mass is 218 g/mol. The summed E-state index contributed by atoms with van der Waals surface area (Å²) >= 11 is 0. The first-order valence-corrected chi connectivity index (χ1v) is 5.72. The average molecular weight is 218 g/mol. The molecule has 2 nitrogen and oxygen atoms in total. The minimum atomic E-state index is 0.252. The van der Waals surface area contributed by atoms with Crippen LogP contribution in [0.2, 0.25) is 0 Å². The van der Waals surface area contributed by atoms with Gasteiger partial charge < -0.3 is 9.47 Å². The van der Waals surface area contributed by atoms with Crippen molar-refractivity contribution >= 4 is 5.57 Å². The first-order chi connectivity index (χ1) is 7.85. The van der Waals surface area contributed by atoms with E-state index >= 15 is 0 Å². The van der Waals surface area contributed by atoms with Crippen LogP contribution < -0.4 is 4.74 Å². The summed E-state index contributed by atoms with van der Waals surface area (Å²) in [6.07, 6.45) is 6.04. The zero-order valence-corrected chi connectivity index (χ0v) is 9.90. The van der Waals surface area contributed by atoms with Gasteiger partial charge in [0.15, 0.2) is 0 Å². The molecule has 0 N–H and O–H groups in total. The number of rotatable bonds is 3. The molecule has 1 aromatic rings. The molecule has 1 aromatic carbocycles. The molecule has 0 aliphatic heterocycles. The minimum absolute atomic E-state index is 0.252. The molecule has 0 saturated heterocycles. The standard InChI is InChI=1S/C14H18O2/c1-15-12-9-7-11(8-10-12)13-5-3-4-6-14(13)16-2/h5,7-10,14H,3-4,6H2,1-2H3. The zero-order chi connectivity index (χ0) is 11.4. The fraction of sp³-hybridized carbons (Fsp3) is 0.429. The van der Waals surface area contributed by atoms with E-state index in [-0.39, 0.29) is 6.10 Å². The largest absolute Gasteiger partial charge is 0.497 e. The molecule has 0 amide bonds. The van der Waals surface area contributed by atoms with Crippen LogP contribution in [0.3, 0.4) is 0 Å². The van der Waals surface area contributed by atoms with Crippen molar-refractivity contribution in [3.8, 4) is 5.75 Å². The van der Waals surface area contributed by atoms with Gasteiger partial charge in [-0.2, -0.15) is 0 Å². The van der Waals surface area contributed by atoms with Crippen LogP contribution >= 0.6 is 0 Å². The van der Waals surface area contributed by atoms with Crippen molar-refractivity contribution in [2.24, 2.45) is 0 Å². The highest BCUT2D eigenvalue weighted by atomic mass is 16.5. The van der Waals surface area contributed by atoms with E-state index < -0.39 is 0 Å². The maximum absolute atomic E-state index is 5.52. The second-order valence-corrected chi connectivity index (χ2v) is 4.04. The van der Waals surface area contributed by atoms with Gasteiger partial charge in [0.05, 0.1) is 13.2 Å². The molecular weight excluding hydrogens is 200 g/mol. The third-order valence-corrected chi connectivity index (χ3v) is 3.09. The predicted molar refractivity (Wildman–Crippen MR) is 65.6 cm³/mol. The van der Waals surface area contributed by atoms with Gasteiger partial charge in [0.25, 0.3) is 0 Å². The molecule has 0 saturated carbocycles. The summed E-state index contributed by atoms with van der Waals surface area (Å²) in [6, 6.07) is 8.19. The summed E-state index contributed by atoms with van der Waals surface area (Å²) in [4.78, 5) is 0. The molecule has 0 bridgehead atoms. The van der Waals surface area contributed by atoms with E-state index in [0.29, 0.717) is 0 Å². The van der Waals surface area contributed by atoms with Crippen LogP contribution in [0.4, 0.5) is 0 Å². The summed E-state index contributed by atoms with van der Waals surface area (Å²) in [7, 11) is 3.47. The van der Waals surface area contributed by atoms with Crippen LogP contribution in [-0.4, -0.2) is 20.3 Å². The Kier molecular flexibility index (Phi) is 3.62. The fourth-order valence-electron chi connectivity index (χ4n) is 2.18. The second-order valence-electron chi connectivity index (χ2n) is 4.04. The molecule has 0 fully saturated rings. The zero-order valence-electron chi connectivity index (χ0n) is 9.90. The molecule has 16 heavy (non-hydrogen) atoms. The number of hydrogen-bond acceptors (Lipinski definition) is 2. The number of ether oxygens (including phenoxy) is 2. The molecule has 0 radical (unpaired) electrons. The fourth-order valence-corrected chi connectivity index (χ4v) is 2.18. The van der Waals surface area contributed by atoms with E-state index in [1.54, 1.807) is 14.2 Å². The number of benzene rings is 1. The van der Waals surface area contributed by atoms with Crippen molar-refractivity contribution in [3.05, 3.63) is 35.9 Å². The Morgan fingerprint density at radius 3 is 2.50 bits per heavy atom. The smallest absolute Gasteiger partial charge is 0.118 e. The van der Waals surface area contributed by atoms with Crippen molar-refractivity contribution in [3.63, 3.8) is 0 Å². The summed E-state index contributed by atoms with van der Waals surface area (Å²) < 4.78 is 10.7. The summed E-state index contributed by atoms with van der Waals surface area (Å²) in [5, 5.41) is 0. The minimum Gasteiger partial charge on any atom is -0.497 e. The Balaban J connectivity index is 2.24. The molecule has 1 aliphatic carbocycles. The molecular formula is C14H18O2. The van der Waals surface area contributed by atoms with Crippen molar-refractivity contribution in [1.29, 1.82) is 0 Å². The maximum Gasteiger partial charge on any atom is 0.118 e. The molecule has 0 heterocycles. The van der Waals surface area contributed by atoms with E-state index in [9.17, 15) is 0 Å². The van der Waals surface area contributed by atoms with Gasteiger partial charge in [-0.3, -0.25) is 0 Å². The highest BCUT2D eigenvalue weighted by Crippen LogP contribution is 2.30. The van der Waals surface area contributed by atoms with E-state index in [0.717, 1.165) is 18.6 Å². The Labute approximate surface area is 96.9 Å². The number of allylic oxidation sites excluding steroid dienone is 1. The molecule has 2 heteroatoms. The van der Waals surface area contributed by atoms with Gasteiger partial charge in [-0.25, -0.2) is 0 Å². The van der Waals surface area contributed by atoms with Gasteiger partial charge in [0.2, 0.25) is 0 Å². The topological polar surface area (TPSA) is 18.5 Å². The summed E-state index contributed by atoms with van der Waals surface area (Å²) in [5.41, 5.74) is 2.56. The Morgan fingerprint density at radius 1 is 1.12 bits per heavy atom. The van der Waals surface area contributed by atoms with Gasteiger partial charge in [-0.15, -0.1) is 0 Å². The third kappa shape index (κ3) is 2.27. The molecule has 0 spiro atoms. The van der Waals surface area contributed by atoms with Gasteiger partial charge in [-0.1, -0.05) is 18.2 Å². The Hall–Kier alpha value is -1.28. The van der Waals surface area contributed by atoms with Crippen molar-refractivity contribution in [2.75, 3.05) is 14.2 Å². The van der Waals surface area contributed by atoms with Crippen LogP contribution in [-0.2, 0) is 4.74 Å². The van der Waals surface area contributed by atoms with Crippen molar-refractivity contribution < 1.29 is 9.47 Å². The van der Waals surface area contributed by atoms with E-state index in [1.165, 1.54) is 17.6 Å². The van der Waals surface area contributed by atoms with Gasteiger partial charge in [0, 0.05) is 7.11 Å². The molecule has 1 unspecified atom stereocenters. The van der Waals surface area contributed by atoms with Crippen molar-refractivity contribution in [1.82, 2.24) is 0 Å². The van der Waals surface area contributed by atoms with Crippen LogP contribution in [0.25, 0.3) is 5.57 Å². The summed E-state index contributed by atoms with van der Waals surface area (Å²) in [6.45, 7) is 0. The lowest BCUT2D eigenvalue weighted by Gasteiger charge is -2.23. The van der Waals surface area contributed by atoms with Gasteiger partial charge in [0.1, 0.15) is 5.75 Å².